The number of sulfonamides is 1. The van der Waals surface area contributed by atoms with E-state index in [4.69, 9.17) is 17.3 Å². The van der Waals surface area contributed by atoms with Gasteiger partial charge in [0.2, 0.25) is 15.9 Å². The molecule has 2 aromatic rings. The van der Waals surface area contributed by atoms with Crippen LogP contribution < -0.4 is 10.2 Å². The Hall–Kier alpha value is -2.36. The molecular formula is C26H33BN2O5S. The van der Waals surface area contributed by atoms with Gasteiger partial charge in [-0.1, -0.05) is 30.1 Å². The Bertz CT molecular complexity index is 1180. The molecule has 2 aliphatic heterocycles. The van der Waals surface area contributed by atoms with Crippen LogP contribution in [0.5, 0.6) is 5.75 Å². The van der Waals surface area contributed by atoms with Gasteiger partial charge >= 0.3 is 0 Å². The van der Waals surface area contributed by atoms with Gasteiger partial charge in [-0.15, -0.1) is 0 Å². The van der Waals surface area contributed by atoms with E-state index in [1.54, 1.807) is 42.3 Å². The summed E-state index contributed by atoms with van der Waals surface area (Å²) in [4.78, 5) is 14.9. The number of benzene rings is 2. The number of fused-ring (bicyclic) bond motifs is 1. The van der Waals surface area contributed by atoms with Crippen molar-refractivity contribution in [2.24, 2.45) is 0 Å². The Balaban J connectivity index is 1.40. The lowest BCUT2D eigenvalue weighted by Crippen LogP contribution is -2.47. The standard InChI is InChI=1S/C26H33BN2O5S/c1-18-12-24(33-3)13-19(2)26(18)35(31,32)29-10-5-4-6-23(29)16-34-17-25(30)28-11-9-20-14-22(27)8-7-21(20)15-28/h7-8,12-14,23H,4-6,9-11,15-17H2,1-3H3. The lowest BCUT2D eigenvalue weighted by molar-refractivity contribution is -0.137. The van der Waals surface area contributed by atoms with Gasteiger partial charge in [-0.3, -0.25) is 4.79 Å². The molecule has 1 saturated heterocycles. The second-order valence-electron chi connectivity index (χ2n) is 9.46. The van der Waals surface area contributed by atoms with Crippen molar-refractivity contribution in [3.63, 3.8) is 0 Å². The molecule has 35 heavy (non-hydrogen) atoms. The lowest BCUT2D eigenvalue weighted by Gasteiger charge is -2.35. The molecule has 1 unspecified atom stereocenters. The van der Waals surface area contributed by atoms with Crippen LogP contribution in [-0.2, 0) is 32.5 Å². The van der Waals surface area contributed by atoms with Gasteiger partial charge in [0.25, 0.3) is 0 Å². The zero-order valence-electron chi connectivity index (χ0n) is 20.7. The molecule has 2 aliphatic rings. The van der Waals surface area contributed by atoms with Gasteiger partial charge in [0.05, 0.1) is 18.6 Å². The highest BCUT2D eigenvalue weighted by molar-refractivity contribution is 7.89. The molecule has 0 aromatic heterocycles. The van der Waals surface area contributed by atoms with Crippen molar-refractivity contribution in [3.8, 4) is 5.75 Å². The van der Waals surface area contributed by atoms with E-state index < -0.39 is 10.0 Å². The molecular weight excluding hydrogens is 463 g/mol. The normalized spacial score (nSPS) is 18.8. The number of rotatable bonds is 7. The van der Waals surface area contributed by atoms with E-state index in [0.717, 1.165) is 30.3 Å². The van der Waals surface area contributed by atoms with E-state index >= 15 is 0 Å². The molecule has 0 aliphatic carbocycles. The molecule has 0 bridgehead atoms. The third kappa shape index (κ3) is 5.57. The maximum Gasteiger partial charge on any atom is 0.248 e. The Morgan fingerprint density at radius 1 is 1.09 bits per heavy atom. The molecule has 1 atom stereocenters. The van der Waals surface area contributed by atoms with Crippen molar-refractivity contribution >= 4 is 29.2 Å². The summed E-state index contributed by atoms with van der Waals surface area (Å²) in [6, 6.07) is 9.00. The highest BCUT2D eigenvalue weighted by Crippen LogP contribution is 2.32. The molecule has 1 fully saturated rings. The number of carbonyl (C=O) groups is 1. The minimum absolute atomic E-state index is 0.0602. The van der Waals surface area contributed by atoms with Crippen LogP contribution in [0.3, 0.4) is 0 Å². The van der Waals surface area contributed by atoms with Crippen molar-refractivity contribution in [3.05, 3.63) is 52.6 Å². The first-order valence-electron chi connectivity index (χ1n) is 12.1. The Morgan fingerprint density at radius 3 is 2.54 bits per heavy atom. The van der Waals surface area contributed by atoms with Crippen LogP contribution in [-0.4, -0.2) is 70.8 Å². The zero-order chi connectivity index (χ0) is 25.2. The first-order chi connectivity index (χ1) is 16.7. The number of ether oxygens (including phenoxy) is 2. The fourth-order valence-corrected chi connectivity index (χ4v) is 7.26. The maximum atomic E-state index is 13.7. The van der Waals surface area contributed by atoms with E-state index in [1.807, 2.05) is 18.2 Å². The fourth-order valence-electron chi connectivity index (χ4n) is 5.17. The summed E-state index contributed by atoms with van der Waals surface area (Å²) < 4.78 is 40.0. The number of hydrogen-bond acceptors (Lipinski definition) is 5. The van der Waals surface area contributed by atoms with E-state index in [2.05, 4.69) is 0 Å². The summed E-state index contributed by atoms with van der Waals surface area (Å²) in [7, 11) is 3.72. The fraction of sp³-hybridized carbons (Fsp3) is 0.500. The Kier molecular flexibility index (Phi) is 7.88. The van der Waals surface area contributed by atoms with Crippen molar-refractivity contribution in [2.45, 2.75) is 57.0 Å². The summed E-state index contributed by atoms with van der Waals surface area (Å²) in [5.74, 6) is 0.555. The maximum absolute atomic E-state index is 13.7. The number of hydrogen-bond donors (Lipinski definition) is 0. The summed E-state index contributed by atoms with van der Waals surface area (Å²) in [6.07, 6.45) is 3.21. The van der Waals surface area contributed by atoms with Crippen molar-refractivity contribution in [1.29, 1.82) is 0 Å². The summed E-state index contributed by atoms with van der Waals surface area (Å²) in [5.41, 5.74) is 4.35. The molecule has 2 heterocycles. The van der Waals surface area contributed by atoms with E-state index in [-0.39, 0.29) is 25.2 Å². The van der Waals surface area contributed by atoms with Crippen LogP contribution in [0.25, 0.3) is 0 Å². The predicted molar refractivity (Wildman–Crippen MR) is 136 cm³/mol. The highest BCUT2D eigenvalue weighted by atomic mass is 32.2. The minimum atomic E-state index is -3.71. The highest BCUT2D eigenvalue weighted by Gasteiger charge is 2.35. The van der Waals surface area contributed by atoms with Crippen LogP contribution in [0, 0.1) is 13.8 Å². The molecule has 0 saturated carbocycles. The Labute approximate surface area is 209 Å². The van der Waals surface area contributed by atoms with E-state index in [0.29, 0.717) is 47.8 Å². The number of amides is 1. The topological polar surface area (TPSA) is 76.2 Å². The molecule has 4 rings (SSSR count). The largest absolute Gasteiger partial charge is 0.497 e. The summed E-state index contributed by atoms with van der Waals surface area (Å²) >= 11 is 0. The van der Waals surface area contributed by atoms with Gasteiger partial charge in [-0.05, 0) is 67.5 Å². The summed E-state index contributed by atoms with van der Waals surface area (Å²) in [5, 5.41) is 0. The lowest BCUT2D eigenvalue weighted by atomic mass is 9.89. The third-order valence-corrected chi connectivity index (χ3v) is 9.20. The number of carbonyl (C=O) groups excluding carboxylic acids is 1. The second kappa shape index (κ2) is 10.7. The quantitative estimate of drug-likeness (QED) is 0.550. The smallest absolute Gasteiger partial charge is 0.248 e. The molecule has 0 spiro atoms. The molecule has 1 amide bonds. The summed E-state index contributed by atoms with van der Waals surface area (Å²) in [6.45, 7) is 5.33. The van der Waals surface area contributed by atoms with Crippen molar-refractivity contribution in [2.75, 3.05) is 33.4 Å². The van der Waals surface area contributed by atoms with Gasteiger partial charge in [-0.2, -0.15) is 4.31 Å². The van der Waals surface area contributed by atoms with E-state index in [9.17, 15) is 13.2 Å². The Morgan fingerprint density at radius 2 is 1.83 bits per heavy atom. The molecule has 2 radical (unpaired) electrons. The van der Waals surface area contributed by atoms with Crippen LogP contribution in [0.15, 0.2) is 35.2 Å². The number of nitrogens with zero attached hydrogens (tertiary/aromatic N) is 2. The van der Waals surface area contributed by atoms with Crippen LogP contribution in [0.4, 0.5) is 0 Å². The first kappa shape index (κ1) is 25.7. The zero-order valence-corrected chi connectivity index (χ0v) is 21.6. The molecule has 0 N–H and O–H groups in total. The number of methoxy groups -OCH3 is 1. The van der Waals surface area contributed by atoms with Gasteiger partial charge in [-0.25, -0.2) is 8.42 Å². The molecule has 2 aromatic carbocycles. The van der Waals surface area contributed by atoms with Crippen LogP contribution >= 0.6 is 0 Å². The van der Waals surface area contributed by atoms with Crippen molar-refractivity contribution < 1.29 is 22.7 Å². The average molecular weight is 496 g/mol. The van der Waals surface area contributed by atoms with Crippen LogP contribution in [0.2, 0.25) is 0 Å². The minimum Gasteiger partial charge on any atom is -0.497 e. The van der Waals surface area contributed by atoms with Gasteiger partial charge in [0, 0.05) is 25.7 Å². The molecule has 186 valence electrons. The second-order valence-corrected chi connectivity index (χ2v) is 11.3. The van der Waals surface area contributed by atoms with Gasteiger partial charge in [0.15, 0.2) is 0 Å². The predicted octanol–water partition coefficient (Wildman–Crippen LogP) is 2.25. The van der Waals surface area contributed by atoms with Crippen molar-refractivity contribution in [1.82, 2.24) is 9.21 Å². The molecule has 9 heteroatoms. The molecule has 7 nitrogen and oxygen atoms in total. The number of piperidine rings is 1. The third-order valence-electron chi connectivity index (χ3n) is 6.94. The van der Waals surface area contributed by atoms with E-state index in [1.165, 1.54) is 5.56 Å². The number of aryl methyl sites for hydroxylation is 2. The SMILES string of the molecule is [B]c1ccc2c(c1)CCN(C(=O)COCC1CCCCN1S(=O)(=O)c1c(C)cc(OC)cc1C)C2. The first-order valence-corrected chi connectivity index (χ1v) is 13.5. The van der Waals surface area contributed by atoms with Gasteiger partial charge < -0.3 is 14.4 Å². The monoisotopic (exact) mass is 496 g/mol. The van der Waals surface area contributed by atoms with Crippen LogP contribution in [0.1, 0.15) is 41.5 Å². The van der Waals surface area contributed by atoms with Gasteiger partial charge in [0.1, 0.15) is 20.2 Å². The average Bonchev–Trinajstić information content (AvgIpc) is 2.83.